The Kier molecular flexibility index (Phi) is 3.79. The molecule has 1 saturated heterocycles. The Bertz CT molecular complexity index is 777. The minimum absolute atomic E-state index is 0.311. The van der Waals surface area contributed by atoms with E-state index in [1.165, 1.54) is 6.26 Å². The van der Waals surface area contributed by atoms with Gasteiger partial charge in [0.1, 0.15) is 12.1 Å². The van der Waals surface area contributed by atoms with Crippen LogP contribution in [-0.4, -0.2) is 48.7 Å². The van der Waals surface area contributed by atoms with Crippen LogP contribution >= 0.6 is 11.8 Å². The van der Waals surface area contributed by atoms with Crippen LogP contribution in [-0.2, 0) is 9.84 Å². The predicted octanol–water partition coefficient (Wildman–Crippen LogP) is 1.97. The number of rotatable bonds is 2. The average Bonchev–Trinajstić information content (AvgIpc) is 2.45. The van der Waals surface area contributed by atoms with Crippen LogP contribution in [0.1, 0.15) is 6.92 Å². The molecule has 2 aromatic rings. The number of thioether (sulfide) groups is 1. The quantitative estimate of drug-likeness (QED) is 0.842. The highest BCUT2D eigenvalue weighted by Gasteiger charge is 2.20. The molecule has 0 amide bonds. The molecular weight excluding hydrogens is 306 g/mol. The van der Waals surface area contributed by atoms with E-state index in [1.807, 2.05) is 11.8 Å². The molecule has 0 saturated carbocycles. The molecule has 0 spiro atoms. The summed E-state index contributed by atoms with van der Waals surface area (Å²) in [5.41, 5.74) is 0.776. The number of hydrogen-bond acceptors (Lipinski definition) is 6. The van der Waals surface area contributed by atoms with Crippen molar-refractivity contribution in [2.75, 3.05) is 30.0 Å². The molecule has 1 aliphatic heterocycles. The van der Waals surface area contributed by atoms with E-state index in [1.54, 1.807) is 24.5 Å². The summed E-state index contributed by atoms with van der Waals surface area (Å²) in [5.74, 6) is 1.89. The summed E-state index contributed by atoms with van der Waals surface area (Å²) in [4.78, 5) is 11.2. The Hall–Kier alpha value is -1.34. The van der Waals surface area contributed by atoms with Crippen LogP contribution < -0.4 is 4.90 Å². The third-order valence-electron chi connectivity index (χ3n) is 3.55. The highest BCUT2D eigenvalue weighted by atomic mass is 32.2. The molecule has 0 aliphatic carbocycles. The Balaban J connectivity index is 2.13. The van der Waals surface area contributed by atoms with Gasteiger partial charge in [0.05, 0.1) is 10.4 Å². The number of anilines is 1. The SMILES string of the molecule is CC1CN(c2ncnc3ccc(S(C)(=O)=O)cc23)CCS1. The largest absolute Gasteiger partial charge is 0.354 e. The van der Waals surface area contributed by atoms with E-state index in [0.717, 1.165) is 35.6 Å². The minimum Gasteiger partial charge on any atom is -0.354 e. The van der Waals surface area contributed by atoms with Crippen molar-refractivity contribution in [3.63, 3.8) is 0 Å². The van der Waals surface area contributed by atoms with Gasteiger partial charge in [0.2, 0.25) is 0 Å². The van der Waals surface area contributed by atoms with E-state index in [9.17, 15) is 8.42 Å². The summed E-state index contributed by atoms with van der Waals surface area (Å²) in [5, 5.41) is 1.35. The van der Waals surface area contributed by atoms with Gasteiger partial charge in [-0.25, -0.2) is 18.4 Å². The molecule has 1 unspecified atom stereocenters. The Labute approximate surface area is 128 Å². The van der Waals surface area contributed by atoms with Crippen molar-refractivity contribution in [3.05, 3.63) is 24.5 Å². The molecule has 2 heterocycles. The molecule has 0 bridgehead atoms. The lowest BCUT2D eigenvalue weighted by Gasteiger charge is -2.32. The fourth-order valence-corrected chi connectivity index (χ4v) is 4.18. The van der Waals surface area contributed by atoms with E-state index in [2.05, 4.69) is 21.8 Å². The molecule has 0 radical (unpaired) electrons. The molecule has 1 aromatic heterocycles. The molecule has 1 atom stereocenters. The zero-order valence-electron chi connectivity index (χ0n) is 12.0. The molecule has 5 nitrogen and oxygen atoms in total. The van der Waals surface area contributed by atoms with E-state index < -0.39 is 9.84 Å². The van der Waals surface area contributed by atoms with Crippen LogP contribution in [0, 0.1) is 0 Å². The predicted molar refractivity (Wildman–Crippen MR) is 86.8 cm³/mol. The zero-order chi connectivity index (χ0) is 15.0. The number of nitrogens with zero attached hydrogens (tertiary/aromatic N) is 3. The summed E-state index contributed by atoms with van der Waals surface area (Å²) in [6, 6.07) is 5.04. The van der Waals surface area contributed by atoms with Crippen LogP contribution in [0.15, 0.2) is 29.4 Å². The third-order valence-corrected chi connectivity index (χ3v) is 5.80. The average molecular weight is 323 g/mol. The van der Waals surface area contributed by atoms with Crippen molar-refractivity contribution < 1.29 is 8.42 Å². The standard InChI is InChI=1S/C14H17N3O2S2/c1-10-8-17(5-6-20-10)14-12-7-11(21(2,18)19)3-4-13(12)15-9-16-14/h3-4,7,9-10H,5-6,8H2,1-2H3. The van der Waals surface area contributed by atoms with E-state index in [0.29, 0.717) is 10.1 Å². The topological polar surface area (TPSA) is 63.2 Å². The first-order chi connectivity index (χ1) is 9.95. The van der Waals surface area contributed by atoms with Gasteiger partial charge in [0.15, 0.2) is 9.84 Å². The lowest BCUT2D eigenvalue weighted by Crippen LogP contribution is -2.37. The lowest BCUT2D eigenvalue weighted by atomic mass is 10.2. The van der Waals surface area contributed by atoms with Gasteiger partial charge in [-0.1, -0.05) is 6.92 Å². The molecule has 3 rings (SSSR count). The number of benzene rings is 1. The summed E-state index contributed by atoms with van der Waals surface area (Å²) in [6.07, 6.45) is 2.77. The van der Waals surface area contributed by atoms with E-state index in [-0.39, 0.29) is 0 Å². The number of fused-ring (bicyclic) bond motifs is 1. The first-order valence-corrected chi connectivity index (χ1v) is 9.70. The van der Waals surface area contributed by atoms with Gasteiger partial charge in [-0.3, -0.25) is 0 Å². The molecule has 112 valence electrons. The third kappa shape index (κ3) is 2.98. The van der Waals surface area contributed by atoms with Crippen LogP contribution in [0.2, 0.25) is 0 Å². The summed E-state index contributed by atoms with van der Waals surface area (Å²) >= 11 is 1.95. The van der Waals surface area contributed by atoms with Gasteiger partial charge < -0.3 is 4.90 Å². The molecular formula is C14H17N3O2S2. The van der Waals surface area contributed by atoms with Crippen molar-refractivity contribution in [3.8, 4) is 0 Å². The number of sulfone groups is 1. The number of hydrogen-bond donors (Lipinski definition) is 0. The second-order valence-corrected chi connectivity index (χ2v) is 8.84. The normalized spacial score (nSPS) is 19.9. The van der Waals surface area contributed by atoms with Crippen molar-refractivity contribution in [2.24, 2.45) is 0 Å². The molecule has 1 fully saturated rings. The number of aromatic nitrogens is 2. The molecule has 1 aliphatic rings. The van der Waals surface area contributed by atoms with Crippen molar-refractivity contribution >= 4 is 38.3 Å². The fraction of sp³-hybridized carbons (Fsp3) is 0.429. The summed E-state index contributed by atoms with van der Waals surface area (Å²) < 4.78 is 23.5. The monoisotopic (exact) mass is 323 g/mol. The Morgan fingerprint density at radius 2 is 2.14 bits per heavy atom. The smallest absolute Gasteiger partial charge is 0.175 e. The zero-order valence-corrected chi connectivity index (χ0v) is 13.6. The van der Waals surface area contributed by atoms with E-state index in [4.69, 9.17) is 0 Å². The minimum atomic E-state index is -3.23. The summed E-state index contributed by atoms with van der Waals surface area (Å²) in [6.45, 7) is 4.03. The molecule has 7 heteroatoms. The molecule has 21 heavy (non-hydrogen) atoms. The Morgan fingerprint density at radius 3 is 2.86 bits per heavy atom. The fourth-order valence-electron chi connectivity index (χ4n) is 2.52. The van der Waals surface area contributed by atoms with Crippen LogP contribution in [0.3, 0.4) is 0 Å². The second-order valence-electron chi connectivity index (χ2n) is 5.28. The molecule has 0 N–H and O–H groups in total. The first-order valence-electron chi connectivity index (χ1n) is 6.76. The van der Waals surface area contributed by atoms with Crippen LogP contribution in [0.5, 0.6) is 0 Å². The highest BCUT2D eigenvalue weighted by Crippen LogP contribution is 2.29. The maximum atomic E-state index is 11.8. The van der Waals surface area contributed by atoms with Crippen molar-refractivity contribution in [2.45, 2.75) is 17.1 Å². The highest BCUT2D eigenvalue weighted by molar-refractivity contribution is 8.00. The first kappa shape index (κ1) is 14.6. The van der Waals surface area contributed by atoms with Crippen molar-refractivity contribution in [1.82, 2.24) is 9.97 Å². The lowest BCUT2D eigenvalue weighted by molar-refractivity contribution is 0.602. The van der Waals surface area contributed by atoms with Gasteiger partial charge in [-0.05, 0) is 18.2 Å². The van der Waals surface area contributed by atoms with Crippen LogP contribution in [0.4, 0.5) is 5.82 Å². The molecule has 1 aromatic carbocycles. The van der Waals surface area contributed by atoms with Crippen molar-refractivity contribution in [1.29, 1.82) is 0 Å². The summed E-state index contributed by atoms with van der Waals surface area (Å²) in [7, 11) is -3.23. The maximum absolute atomic E-state index is 11.8. The van der Waals surface area contributed by atoms with Crippen LogP contribution in [0.25, 0.3) is 10.9 Å². The maximum Gasteiger partial charge on any atom is 0.175 e. The van der Waals surface area contributed by atoms with Gasteiger partial charge in [-0.15, -0.1) is 0 Å². The van der Waals surface area contributed by atoms with E-state index >= 15 is 0 Å². The van der Waals surface area contributed by atoms with Gasteiger partial charge in [0, 0.05) is 35.7 Å². The second kappa shape index (κ2) is 5.46. The van der Waals surface area contributed by atoms with Gasteiger partial charge in [-0.2, -0.15) is 11.8 Å². The Morgan fingerprint density at radius 1 is 1.33 bits per heavy atom. The van der Waals surface area contributed by atoms with Gasteiger partial charge in [0.25, 0.3) is 0 Å². The van der Waals surface area contributed by atoms with Gasteiger partial charge >= 0.3 is 0 Å².